The summed E-state index contributed by atoms with van der Waals surface area (Å²) in [7, 11) is 0. The molecule has 0 spiro atoms. The molecular formula is C14H14N4O2. The first-order valence-electron chi connectivity index (χ1n) is 5.92. The second-order valence-corrected chi connectivity index (χ2v) is 4.06. The average molecular weight is 270 g/mol. The molecule has 0 aliphatic carbocycles. The number of furan rings is 1. The van der Waals surface area contributed by atoms with Crippen LogP contribution >= 0.6 is 0 Å². The summed E-state index contributed by atoms with van der Waals surface area (Å²) in [4.78, 5) is 12.1. The fourth-order valence-corrected chi connectivity index (χ4v) is 1.58. The molecule has 0 saturated carbocycles. The van der Waals surface area contributed by atoms with Gasteiger partial charge >= 0.3 is 0 Å². The molecule has 3 N–H and O–H groups in total. The minimum atomic E-state index is -0.399. The molecule has 1 heterocycles. The van der Waals surface area contributed by atoms with Gasteiger partial charge in [0.15, 0.2) is 11.5 Å². The van der Waals surface area contributed by atoms with Gasteiger partial charge in [0.25, 0.3) is 0 Å². The number of hydrazone groups is 2. The van der Waals surface area contributed by atoms with Crippen LogP contribution in [-0.2, 0) is 0 Å². The van der Waals surface area contributed by atoms with Crippen molar-refractivity contribution in [1.82, 2.24) is 0 Å². The van der Waals surface area contributed by atoms with E-state index < -0.39 is 5.78 Å². The molecule has 6 heteroatoms. The van der Waals surface area contributed by atoms with E-state index in [1.165, 1.54) is 12.5 Å². The SMILES string of the molecule is Cc1cccc(N/N=C(\C=N\N)C(=O)c2ccco2)c1. The van der Waals surface area contributed by atoms with Crippen molar-refractivity contribution >= 4 is 23.4 Å². The first kappa shape index (κ1) is 13.5. The van der Waals surface area contributed by atoms with Crippen molar-refractivity contribution < 1.29 is 9.21 Å². The Labute approximate surface area is 116 Å². The number of hydrogen-bond acceptors (Lipinski definition) is 6. The van der Waals surface area contributed by atoms with E-state index in [0.29, 0.717) is 0 Å². The van der Waals surface area contributed by atoms with Crippen molar-refractivity contribution in [2.45, 2.75) is 6.92 Å². The molecule has 2 aromatic rings. The van der Waals surface area contributed by atoms with Crippen molar-refractivity contribution in [1.29, 1.82) is 0 Å². The van der Waals surface area contributed by atoms with Gasteiger partial charge in [0.2, 0.25) is 5.78 Å². The van der Waals surface area contributed by atoms with Crippen molar-refractivity contribution in [3.8, 4) is 0 Å². The Morgan fingerprint density at radius 2 is 2.20 bits per heavy atom. The van der Waals surface area contributed by atoms with Crippen molar-refractivity contribution in [3.63, 3.8) is 0 Å². The van der Waals surface area contributed by atoms with Gasteiger partial charge in [-0.05, 0) is 36.8 Å². The third-order valence-corrected chi connectivity index (χ3v) is 2.50. The Hall–Kier alpha value is -2.89. The van der Waals surface area contributed by atoms with Gasteiger partial charge in [0, 0.05) is 0 Å². The highest BCUT2D eigenvalue weighted by Gasteiger charge is 2.15. The van der Waals surface area contributed by atoms with Crippen LogP contribution in [0.5, 0.6) is 0 Å². The smallest absolute Gasteiger partial charge is 0.249 e. The highest BCUT2D eigenvalue weighted by molar-refractivity contribution is 6.64. The number of Topliss-reactive ketones (excluding diaryl/α,β-unsaturated/α-hetero) is 1. The molecule has 0 bridgehead atoms. The lowest BCUT2D eigenvalue weighted by Crippen LogP contribution is -2.18. The van der Waals surface area contributed by atoms with Crippen molar-refractivity contribution in [3.05, 3.63) is 54.0 Å². The third-order valence-electron chi connectivity index (χ3n) is 2.50. The highest BCUT2D eigenvalue weighted by atomic mass is 16.3. The predicted molar refractivity (Wildman–Crippen MR) is 78.0 cm³/mol. The number of benzene rings is 1. The molecule has 0 fully saturated rings. The number of carbonyl (C=O) groups is 1. The van der Waals surface area contributed by atoms with Gasteiger partial charge in [-0.1, -0.05) is 12.1 Å². The van der Waals surface area contributed by atoms with Crippen LogP contribution in [-0.4, -0.2) is 17.7 Å². The summed E-state index contributed by atoms with van der Waals surface area (Å²) in [6.45, 7) is 1.96. The molecular weight excluding hydrogens is 256 g/mol. The molecule has 102 valence electrons. The van der Waals surface area contributed by atoms with E-state index in [0.717, 1.165) is 11.3 Å². The van der Waals surface area contributed by atoms with Crippen LogP contribution in [0.3, 0.4) is 0 Å². The molecule has 1 aromatic carbocycles. The molecule has 2 rings (SSSR count). The minimum absolute atomic E-state index is 0.0592. The lowest BCUT2D eigenvalue weighted by molar-refractivity contribution is 0.104. The van der Waals surface area contributed by atoms with Gasteiger partial charge in [-0.3, -0.25) is 10.2 Å². The first-order valence-corrected chi connectivity index (χ1v) is 5.92. The van der Waals surface area contributed by atoms with Gasteiger partial charge in [-0.15, -0.1) is 0 Å². The second kappa shape index (κ2) is 6.33. The molecule has 0 unspecified atom stereocenters. The van der Waals surface area contributed by atoms with Crippen molar-refractivity contribution in [2.75, 3.05) is 5.43 Å². The number of nitrogens with two attached hydrogens (primary N) is 1. The van der Waals surface area contributed by atoms with E-state index in [4.69, 9.17) is 10.3 Å². The Bertz CT molecular complexity index is 645. The number of rotatable bonds is 5. The van der Waals surface area contributed by atoms with E-state index in [2.05, 4.69) is 15.6 Å². The van der Waals surface area contributed by atoms with E-state index in [1.54, 1.807) is 12.1 Å². The Balaban J connectivity index is 2.20. The minimum Gasteiger partial charge on any atom is -0.461 e. The Kier molecular flexibility index (Phi) is 4.28. The summed E-state index contributed by atoms with van der Waals surface area (Å²) in [5.74, 6) is 4.87. The average Bonchev–Trinajstić information content (AvgIpc) is 2.97. The lowest BCUT2D eigenvalue weighted by Gasteiger charge is -2.03. The molecule has 20 heavy (non-hydrogen) atoms. The van der Waals surface area contributed by atoms with E-state index in [1.807, 2.05) is 31.2 Å². The molecule has 0 radical (unpaired) electrons. The van der Waals surface area contributed by atoms with Crippen LogP contribution in [0.15, 0.2) is 57.3 Å². The lowest BCUT2D eigenvalue weighted by atomic mass is 10.2. The standard InChI is InChI=1S/C14H14N4O2/c1-10-4-2-5-11(8-10)17-18-12(9-16-15)14(19)13-6-3-7-20-13/h2-9,17H,15H2,1H3/b16-9+,18-12+. The fraction of sp³-hybridized carbons (Fsp3) is 0.0714. The van der Waals surface area contributed by atoms with Gasteiger partial charge in [0.05, 0.1) is 18.2 Å². The maximum atomic E-state index is 12.1. The maximum Gasteiger partial charge on any atom is 0.249 e. The monoisotopic (exact) mass is 270 g/mol. The maximum absolute atomic E-state index is 12.1. The van der Waals surface area contributed by atoms with Gasteiger partial charge in [-0.2, -0.15) is 10.2 Å². The molecule has 0 saturated heterocycles. The topological polar surface area (TPSA) is 93.0 Å². The summed E-state index contributed by atoms with van der Waals surface area (Å²) < 4.78 is 5.03. The number of nitrogens with one attached hydrogen (secondary N) is 1. The zero-order valence-electron chi connectivity index (χ0n) is 10.9. The van der Waals surface area contributed by atoms with Crippen LogP contribution in [0.4, 0.5) is 5.69 Å². The quantitative estimate of drug-likeness (QED) is 0.377. The number of nitrogens with zero attached hydrogens (tertiary/aromatic N) is 2. The van der Waals surface area contributed by atoms with Crippen LogP contribution < -0.4 is 11.3 Å². The third kappa shape index (κ3) is 3.32. The van der Waals surface area contributed by atoms with Gasteiger partial charge in [0.1, 0.15) is 0 Å². The zero-order valence-corrected chi connectivity index (χ0v) is 10.9. The molecule has 6 nitrogen and oxygen atoms in total. The second-order valence-electron chi connectivity index (χ2n) is 4.06. The predicted octanol–water partition coefficient (Wildman–Crippen LogP) is 2.18. The Morgan fingerprint density at radius 3 is 2.85 bits per heavy atom. The van der Waals surface area contributed by atoms with Crippen molar-refractivity contribution in [2.24, 2.45) is 16.0 Å². The number of aryl methyl sites for hydroxylation is 1. The summed E-state index contributed by atoms with van der Waals surface area (Å²) >= 11 is 0. The van der Waals surface area contributed by atoms with Gasteiger partial charge in [-0.25, -0.2) is 0 Å². The summed E-state index contributed by atoms with van der Waals surface area (Å²) in [6.07, 6.45) is 2.59. The van der Waals surface area contributed by atoms with E-state index in [9.17, 15) is 4.79 Å². The van der Waals surface area contributed by atoms with E-state index in [-0.39, 0.29) is 11.5 Å². The van der Waals surface area contributed by atoms with Crippen LogP contribution in [0, 0.1) is 6.92 Å². The largest absolute Gasteiger partial charge is 0.461 e. The summed E-state index contributed by atoms with van der Waals surface area (Å²) in [5.41, 5.74) is 4.70. The molecule has 0 atom stereocenters. The molecule has 0 aliphatic heterocycles. The molecule has 1 aromatic heterocycles. The fourth-order valence-electron chi connectivity index (χ4n) is 1.58. The van der Waals surface area contributed by atoms with Crippen LogP contribution in [0.25, 0.3) is 0 Å². The Morgan fingerprint density at radius 1 is 1.35 bits per heavy atom. The number of carbonyl (C=O) groups excluding carboxylic acids is 1. The molecule has 0 amide bonds. The highest BCUT2D eigenvalue weighted by Crippen LogP contribution is 2.10. The summed E-state index contributed by atoms with van der Waals surface area (Å²) in [6, 6.07) is 10.8. The van der Waals surface area contributed by atoms with Crippen LogP contribution in [0.1, 0.15) is 16.1 Å². The normalized spacial score (nSPS) is 11.8. The van der Waals surface area contributed by atoms with Crippen LogP contribution in [0.2, 0.25) is 0 Å². The first-order chi connectivity index (χ1) is 9.70. The zero-order chi connectivity index (χ0) is 14.4. The van der Waals surface area contributed by atoms with Gasteiger partial charge < -0.3 is 10.3 Å². The summed E-state index contributed by atoms with van der Waals surface area (Å²) in [5, 5.41) is 7.35. The number of hydrogen-bond donors (Lipinski definition) is 2. The number of ketones is 1. The van der Waals surface area contributed by atoms with E-state index >= 15 is 0 Å². The number of anilines is 1. The molecule has 0 aliphatic rings.